The summed E-state index contributed by atoms with van der Waals surface area (Å²) in [5.74, 6) is 1.48. The second-order valence-corrected chi connectivity index (χ2v) is 8.34. The van der Waals surface area contributed by atoms with Crippen LogP contribution in [0.4, 0.5) is 0 Å². The molecule has 2 aliphatic rings. The summed E-state index contributed by atoms with van der Waals surface area (Å²) in [5.41, 5.74) is 4.12. The summed E-state index contributed by atoms with van der Waals surface area (Å²) in [6.07, 6.45) is 2.76. The molecular formula is C26H26N4O3. The van der Waals surface area contributed by atoms with Crippen LogP contribution in [0, 0.1) is 11.3 Å². The predicted molar refractivity (Wildman–Crippen MR) is 124 cm³/mol. The summed E-state index contributed by atoms with van der Waals surface area (Å²) in [7, 11) is 0. The number of fused-ring (bicyclic) bond motifs is 1. The number of aromatic nitrogens is 1. The number of hydrogen-bond donors (Lipinski definition) is 0. The fourth-order valence-corrected chi connectivity index (χ4v) is 4.40. The molecule has 3 heterocycles. The maximum absolute atomic E-state index is 13.5. The van der Waals surface area contributed by atoms with Crippen molar-refractivity contribution >= 4 is 5.91 Å². The van der Waals surface area contributed by atoms with Crippen molar-refractivity contribution in [2.24, 2.45) is 0 Å². The highest BCUT2D eigenvalue weighted by Gasteiger charge is 2.27. The first-order chi connectivity index (χ1) is 16.2. The van der Waals surface area contributed by atoms with Crippen LogP contribution in [0.25, 0.3) is 5.69 Å². The lowest BCUT2D eigenvalue weighted by atomic mass is 10.1. The summed E-state index contributed by atoms with van der Waals surface area (Å²) >= 11 is 0. The van der Waals surface area contributed by atoms with Crippen molar-refractivity contribution in [1.29, 1.82) is 5.26 Å². The van der Waals surface area contributed by atoms with Crippen LogP contribution in [0.2, 0.25) is 0 Å². The topological polar surface area (TPSA) is 70.7 Å². The zero-order chi connectivity index (χ0) is 22.8. The van der Waals surface area contributed by atoms with Gasteiger partial charge < -0.3 is 18.9 Å². The van der Waals surface area contributed by atoms with E-state index in [2.05, 4.69) is 36.1 Å². The van der Waals surface area contributed by atoms with Crippen LogP contribution in [0.5, 0.6) is 11.5 Å². The third kappa shape index (κ3) is 4.18. The number of ether oxygens (including phenoxy) is 2. The quantitative estimate of drug-likeness (QED) is 0.604. The highest BCUT2D eigenvalue weighted by atomic mass is 16.7. The minimum atomic E-state index is -0.0983. The van der Waals surface area contributed by atoms with Crippen LogP contribution >= 0.6 is 0 Å². The number of hydrogen-bond acceptors (Lipinski definition) is 5. The smallest absolute Gasteiger partial charge is 0.272 e. The van der Waals surface area contributed by atoms with Gasteiger partial charge in [0.2, 0.25) is 6.79 Å². The van der Waals surface area contributed by atoms with Crippen molar-refractivity contribution < 1.29 is 14.3 Å². The third-order valence-electron chi connectivity index (χ3n) is 6.33. The molecule has 1 aromatic heterocycles. The van der Waals surface area contributed by atoms with Crippen LogP contribution in [0.3, 0.4) is 0 Å². The van der Waals surface area contributed by atoms with Gasteiger partial charge in [0.25, 0.3) is 5.91 Å². The second-order valence-electron chi connectivity index (χ2n) is 8.34. The van der Waals surface area contributed by atoms with Gasteiger partial charge in [-0.3, -0.25) is 9.69 Å². The molecule has 1 saturated heterocycles. The number of piperazine rings is 1. The molecule has 5 rings (SSSR count). The summed E-state index contributed by atoms with van der Waals surface area (Å²) in [6, 6.07) is 18.1. The van der Waals surface area contributed by atoms with Crippen LogP contribution in [-0.2, 0) is 13.0 Å². The molecular weight excluding hydrogens is 416 g/mol. The third-order valence-corrected chi connectivity index (χ3v) is 6.33. The van der Waals surface area contributed by atoms with Crippen molar-refractivity contribution in [3.05, 3.63) is 77.1 Å². The highest BCUT2D eigenvalue weighted by Crippen LogP contribution is 2.33. The van der Waals surface area contributed by atoms with Gasteiger partial charge in [-0.25, -0.2) is 0 Å². The van der Waals surface area contributed by atoms with Gasteiger partial charge in [0.1, 0.15) is 11.8 Å². The van der Waals surface area contributed by atoms with Gasteiger partial charge in [-0.2, -0.15) is 5.26 Å². The van der Waals surface area contributed by atoms with E-state index in [0.717, 1.165) is 48.8 Å². The van der Waals surface area contributed by atoms with E-state index in [-0.39, 0.29) is 12.7 Å². The number of nitriles is 1. The first-order valence-corrected chi connectivity index (χ1v) is 11.3. The molecule has 0 saturated carbocycles. The van der Waals surface area contributed by atoms with Crippen molar-refractivity contribution in [3.8, 4) is 23.3 Å². The van der Waals surface area contributed by atoms with E-state index in [1.54, 1.807) is 6.07 Å². The molecule has 0 bridgehead atoms. The Labute approximate surface area is 193 Å². The number of carbonyl (C=O) groups excluding carboxylic acids is 1. The molecule has 2 aromatic carbocycles. The zero-order valence-electron chi connectivity index (χ0n) is 18.7. The number of rotatable bonds is 5. The minimum absolute atomic E-state index is 0.0983. The van der Waals surface area contributed by atoms with Crippen LogP contribution in [0.15, 0.2) is 54.7 Å². The van der Waals surface area contributed by atoms with Crippen molar-refractivity contribution in [1.82, 2.24) is 14.4 Å². The summed E-state index contributed by atoms with van der Waals surface area (Å²) in [6.45, 7) is 5.96. The molecule has 3 aromatic rings. The zero-order valence-corrected chi connectivity index (χ0v) is 18.7. The molecule has 7 nitrogen and oxygen atoms in total. The number of nitrogens with zero attached hydrogens (tertiary/aromatic N) is 4. The first kappa shape index (κ1) is 21.1. The summed E-state index contributed by atoms with van der Waals surface area (Å²) in [4.78, 5) is 17.6. The predicted octanol–water partition coefficient (Wildman–Crippen LogP) is 3.60. The Balaban J connectivity index is 1.28. The molecule has 0 atom stereocenters. The molecule has 0 aliphatic carbocycles. The van der Waals surface area contributed by atoms with E-state index < -0.39 is 0 Å². The Morgan fingerprint density at radius 2 is 1.70 bits per heavy atom. The SMILES string of the molecule is CCc1ccc(-n2ccc(C#N)c2C(=O)N2CCN(Cc3ccc4c(c3)OCO4)CC2)cc1. The average molecular weight is 443 g/mol. The molecule has 1 fully saturated rings. The lowest BCUT2D eigenvalue weighted by Crippen LogP contribution is -2.48. The number of amides is 1. The van der Waals surface area contributed by atoms with E-state index in [1.807, 2.05) is 39.9 Å². The Morgan fingerprint density at radius 1 is 0.970 bits per heavy atom. The number of aryl methyl sites for hydroxylation is 1. The molecule has 1 amide bonds. The standard InChI is InChI=1S/C26H26N4O3/c1-2-19-3-6-22(7-4-19)30-10-9-21(16-27)25(30)26(31)29-13-11-28(12-14-29)17-20-5-8-23-24(15-20)33-18-32-23/h3-10,15H,2,11-14,17-18H2,1H3. The number of benzene rings is 2. The van der Waals surface area contributed by atoms with E-state index >= 15 is 0 Å². The van der Waals surface area contributed by atoms with E-state index in [4.69, 9.17) is 9.47 Å². The molecule has 0 radical (unpaired) electrons. The van der Waals surface area contributed by atoms with Gasteiger partial charge in [-0.1, -0.05) is 25.1 Å². The van der Waals surface area contributed by atoms with Crippen molar-refractivity contribution in [2.75, 3.05) is 33.0 Å². The Bertz CT molecular complexity index is 1200. The lowest BCUT2D eigenvalue weighted by molar-refractivity contribution is 0.0620. The molecule has 33 heavy (non-hydrogen) atoms. The summed E-state index contributed by atoms with van der Waals surface area (Å²) < 4.78 is 12.7. The lowest BCUT2D eigenvalue weighted by Gasteiger charge is -2.35. The van der Waals surface area contributed by atoms with Crippen molar-refractivity contribution in [3.63, 3.8) is 0 Å². The van der Waals surface area contributed by atoms with Crippen LogP contribution in [-0.4, -0.2) is 53.2 Å². The molecule has 7 heteroatoms. The molecule has 0 spiro atoms. The van der Waals surface area contributed by atoms with Crippen LogP contribution in [0.1, 0.15) is 34.1 Å². The molecule has 0 N–H and O–H groups in total. The van der Waals surface area contributed by atoms with Gasteiger partial charge in [0.05, 0.1) is 5.56 Å². The fourth-order valence-electron chi connectivity index (χ4n) is 4.40. The Kier molecular flexibility index (Phi) is 5.76. The van der Waals surface area contributed by atoms with E-state index in [1.165, 1.54) is 5.56 Å². The monoisotopic (exact) mass is 442 g/mol. The average Bonchev–Trinajstić information content (AvgIpc) is 3.51. The Hall–Kier alpha value is -3.76. The number of carbonyl (C=O) groups is 1. The van der Waals surface area contributed by atoms with E-state index in [9.17, 15) is 10.1 Å². The maximum Gasteiger partial charge on any atom is 0.272 e. The van der Waals surface area contributed by atoms with Gasteiger partial charge in [0, 0.05) is 44.6 Å². The van der Waals surface area contributed by atoms with Gasteiger partial charge in [-0.05, 0) is 47.9 Å². The molecule has 168 valence electrons. The molecule has 0 unspecified atom stereocenters. The van der Waals surface area contributed by atoms with Gasteiger partial charge in [0.15, 0.2) is 11.5 Å². The summed E-state index contributed by atoms with van der Waals surface area (Å²) in [5, 5.41) is 9.62. The second kappa shape index (κ2) is 9.00. The highest BCUT2D eigenvalue weighted by molar-refractivity contribution is 5.96. The van der Waals surface area contributed by atoms with Crippen molar-refractivity contribution in [2.45, 2.75) is 19.9 Å². The largest absolute Gasteiger partial charge is 0.454 e. The Morgan fingerprint density at radius 3 is 2.42 bits per heavy atom. The van der Waals surface area contributed by atoms with Crippen LogP contribution < -0.4 is 9.47 Å². The maximum atomic E-state index is 13.5. The minimum Gasteiger partial charge on any atom is -0.454 e. The van der Waals surface area contributed by atoms with E-state index in [0.29, 0.717) is 24.3 Å². The molecule has 2 aliphatic heterocycles. The van der Waals surface area contributed by atoms with Gasteiger partial charge in [-0.15, -0.1) is 0 Å². The fraction of sp³-hybridized carbons (Fsp3) is 0.308. The first-order valence-electron chi connectivity index (χ1n) is 11.3. The van der Waals surface area contributed by atoms with Gasteiger partial charge >= 0.3 is 0 Å². The normalized spacial score (nSPS) is 15.5.